The molecule has 4 nitrogen and oxygen atoms in total. The van der Waals surface area contributed by atoms with Gasteiger partial charge in [0.2, 0.25) is 0 Å². The maximum absolute atomic E-state index is 13.6. The summed E-state index contributed by atoms with van der Waals surface area (Å²) < 4.78 is 39.8. The molecule has 2 amide bonds. The van der Waals surface area contributed by atoms with Crippen LogP contribution in [0, 0.1) is 17.5 Å². The Morgan fingerprint density at radius 1 is 0.808 bits per heavy atom. The third-order valence-corrected chi connectivity index (χ3v) is 4.32. The molecule has 0 bridgehead atoms. The second-order valence-electron chi connectivity index (χ2n) is 6.11. The van der Waals surface area contributed by atoms with E-state index in [1.54, 1.807) is 4.90 Å². The third kappa shape index (κ3) is 3.71. The van der Waals surface area contributed by atoms with Crippen LogP contribution in [0.25, 0.3) is 0 Å². The molecule has 0 aliphatic carbocycles. The maximum Gasteiger partial charge on any atom is 0.255 e. The number of likely N-dealkylation sites (tertiary alicyclic amines) is 1. The van der Waals surface area contributed by atoms with Crippen molar-refractivity contribution in [2.45, 2.75) is 19.3 Å². The predicted octanol–water partition coefficient (Wildman–Crippen LogP) is 3.98. The van der Waals surface area contributed by atoms with Gasteiger partial charge in [0.25, 0.3) is 11.8 Å². The number of carbonyl (C=O) groups is 2. The van der Waals surface area contributed by atoms with Gasteiger partial charge >= 0.3 is 0 Å². The van der Waals surface area contributed by atoms with Crippen LogP contribution in [0.3, 0.4) is 0 Å². The molecule has 1 saturated heterocycles. The zero-order valence-corrected chi connectivity index (χ0v) is 13.9. The van der Waals surface area contributed by atoms with E-state index in [2.05, 4.69) is 5.32 Å². The van der Waals surface area contributed by atoms with Crippen LogP contribution < -0.4 is 5.32 Å². The summed E-state index contributed by atoms with van der Waals surface area (Å²) in [6.45, 7) is 1.44. The highest BCUT2D eigenvalue weighted by Gasteiger charge is 2.19. The summed E-state index contributed by atoms with van der Waals surface area (Å²) in [6, 6.07) is 7.59. The number of anilines is 1. The molecular weight excluding hydrogens is 345 g/mol. The number of hydrogen-bond donors (Lipinski definition) is 1. The van der Waals surface area contributed by atoms with E-state index in [4.69, 9.17) is 0 Å². The minimum Gasteiger partial charge on any atom is -0.339 e. The van der Waals surface area contributed by atoms with Crippen molar-refractivity contribution in [3.05, 3.63) is 65.0 Å². The number of nitrogens with zero attached hydrogens (tertiary/aromatic N) is 1. The van der Waals surface area contributed by atoms with Gasteiger partial charge in [0, 0.05) is 24.2 Å². The van der Waals surface area contributed by atoms with E-state index in [9.17, 15) is 22.8 Å². The van der Waals surface area contributed by atoms with Gasteiger partial charge in [0.15, 0.2) is 17.5 Å². The number of piperidine rings is 1. The van der Waals surface area contributed by atoms with Crippen LogP contribution in [-0.4, -0.2) is 29.8 Å². The molecular formula is C19H17F3N2O2. The molecule has 1 N–H and O–H groups in total. The molecule has 0 spiro atoms. The van der Waals surface area contributed by atoms with Gasteiger partial charge in [0.05, 0.1) is 5.69 Å². The summed E-state index contributed by atoms with van der Waals surface area (Å²) in [7, 11) is 0. The number of halogens is 3. The van der Waals surface area contributed by atoms with Gasteiger partial charge in [-0.25, -0.2) is 13.2 Å². The molecule has 1 aliphatic rings. The molecule has 2 aromatic carbocycles. The summed E-state index contributed by atoms with van der Waals surface area (Å²) in [5.41, 5.74) is 0.175. The topological polar surface area (TPSA) is 49.4 Å². The number of carbonyl (C=O) groups excluding carboxylic acids is 2. The molecule has 0 aromatic heterocycles. The third-order valence-electron chi connectivity index (χ3n) is 4.32. The molecule has 1 heterocycles. The largest absolute Gasteiger partial charge is 0.339 e. The quantitative estimate of drug-likeness (QED) is 0.840. The molecule has 2 aromatic rings. The molecule has 1 aliphatic heterocycles. The molecule has 0 saturated carbocycles. The molecule has 1 fully saturated rings. The van der Waals surface area contributed by atoms with Crippen LogP contribution in [0.15, 0.2) is 36.4 Å². The summed E-state index contributed by atoms with van der Waals surface area (Å²) in [6.07, 6.45) is 3.07. The molecule has 0 unspecified atom stereocenters. The Morgan fingerprint density at radius 2 is 1.42 bits per heavy atom. The zero-order valence-electron chi connectivity index (χ0n) is 13.9. The van der Waals surface area contributed by atoms with Crippen molar-refractivity contribution in [1.29, 1.82) is 0 Å². The Labute approximate surface area is 148 Å². The molecule has 136 valence electrons. The van der Waals surface area contributed by atoms with E-state index in [-0.39, 0.29) is 11.5 Å². The lowest BCUT2D eigenvalue weighted by atomic mass is 10.1. The Kier molecular flexibility index (Phi) is 5.25. The van der Waals surface area contributed by atoms with Crippen molar-refractivity contribution in [3.8, 4) is 0 Å². The fourth-order valence-electron chi connectivity index (χ4n) is 2.86. The first-order chi connectivity index (χ1) is 12.5. The van der Waals surface area contributed by atoms with E-state index in [1.807, 2.05) is 0 Å². The highest BCUT2D eigenvalue weighted by atomic mass is 19.2. The fraction of sp³-hybridized carbons (Fsp3) is 0.263. The van der Waals surface area contributed by atoms with E-state index in [0.717, 1.165) is 44.5 Å². The smallest absolute Gasteiger partial charge is 0.255 e. The minimum absolute atomic E-state index is 0.0942. The van der Waals surface area contributed by atoms with E-state index >= 15 is 0 Å². The van der Waals surface area contributed by atoms with Crippen LogP contribution in [0.1, 0.15) is 40.0 Å². The van der Waals surface area contributed by atoms with Crippen molar-refractivity contribution in [1.82, 2.24) is 4.90 Å². The van der Waals surface area contributed by atoms with E-state index in [1.165, 1.54) is 24.3 Å². The lowest BCUT2D eigenvalue weighted by Gasteiger charge is -2.26. The fourth-order valence-corrected chi connectivity index (χ4v) is 2.86. The van der Waals surface area contributed by atoms with Crippen LogP contribution in [0.5, 0.6) is 0 Å². The van der Waals surface area contributed by atoms with Gasteiger partial charge < -0.3 is 10.2 Å². The molecule has 0 radical (unpaired) electrons. The summed E-state index contributed by atoms with van der Waals surface area (Å²) >= 11 is 0. The highest BCUT2D eigenvalue weighted by molar-refractivity contribution is 6.05. The van der Waals surface area contributed by atoms with Crippen LogP contribution in [0.2, 0.25) is 0 Å². The second kappa shape index (κ2) is 7.59. The Morgan fingerprint density at radius 3 is 2.08 bits per heavy atom. The van der Waals surface area contributed by atoms with Crippen molar-refractivity contribution < 1.29 is 22.8 Å². The lowest BCUT2D eigenvalue weighted by Crippen LogP contribution is -2.35. The van der Waals surface area contributed by atoms with E-state index in [0.29, 0.717) is 5.56 Å². The van der Waals surface area contributed by atoms with Gasteiger partial charge in [-0.3, -0.25) is 9.59 Å². The SMILES string of the molecule is O=C(Nc1ccc(F)c(F)c1F)c1ccc(C(=O)N2CCCCC2)cc1. The molecule has 26 heavy (non-hydrogen) atoms. The first kappa shape index (κ1) is 18.0. The van der Waals surface area contributed by atoms with Gasteiger partial charge in [-0.2, -0.15) is 0 Å². The monoisotopic (exact) mass is 362 g/mol. The molecule has 3 rings (SSSR count). The minimum atomic E-state index is -1.65. The maximum atomic E-state index is 13.6. The van der Waals surface area contributed by atoms with Gasteiger partial charge in [0.1, 0.15) is 0 Å². The summed E-state index contributed by atoms with van der Waals surface area (Å²) in [4.78, 5) is 26.3. The Hall–Kier alpha value is -2.83. The van der Waals surface area contributed by atoms with Crippen molar-refractivity contribution in [2.75, 3.05) is 18.4 Å². The Bertz CT molecular complexity index is 831. The summed E-state index contributed by atoms with van der Waals surface area (Å²) in [5, 5.41) is 2.19. The number of rotatable bonds is 3. The summed E-state index contributed by atoms with van der Waals surface area (Å²) in [5.74, 6) is -5.23. The van der Waals surface area contributed by atoms with Gasteiger partial charge in [-0.05, 0) is 55.7 Å². The van der Waals surface area contributed by atoms with Crippen LogP contribution >= 0.6 is 0 Å². The van der Waals surface area contributed by atoms with Crippen LogP contribution in [-0.2, 0) is 0 Å². The first-order valence-corrected chi connectivity index (χ1v) is 8.31. The average molecular weight is 362 g/mol. The number of hydrogen-bond acceptors (Lipinski definition) is 2. The molecule has 7 heteroatoms. The normalized spacial score (nSPS) is 14.2. The average Bonchev–Trinajstić information content (AvgIpc) is 2.68. The van der Waals surface area contributed by atoms with Crippen molar-refractivity contribution >= 4 is 17.5 Å². The van der Waals surface area contributed by atoms with Crippen molar-refractivity contribution in [3.63, 3.8) is 0 Å². The molecule has 0 atom stereocenters. The van der Waals surface area contributed by atoms with Crippen molar-refractivity contribution in [2.24, 2.45) is 0 Å². The first-order valence-electron chi connectivity index (χ1n) is 8.31. The highest BCUT2D eigenvalue weighted by Crippen LogP contribution is 2.20. The second-order valence-corrected chi connectivity index (χ2v) is 6.11. The number of nitrogens with one attached hydrogen (secondary N) is 1. The zero-order chi connectivity index (χ0) is 18.7. The number of benzene rings is 2. The van der Waals surface area contributed by atoms with Crippen LogP contribution in [0.4, 0.5) is 18.9 Å². The Balaban J connectivity index is 1.71. The lowest BCUT2D eigenvalue weighted by molar-refractivity contribution is 0.0724. The van der Waals surface area contributed by atoms with E-state index < -0.39 is 29.0 Å². The standard InChI is InChI=1S/C19H17F3N2O2/c20-14-8-9-15(17(22)16(14)21)23-18(25)12-4-6-13(7-5-12)19(26)24-10-2-1-3-11-24/h4-9H,1-3,10-11H2,(H,23,25). The van der Waals surface area contributed by atoms with Gasteiger partial charge in [-0.15, -0.1) is 0 Å². The number of amides is 2. The van der Waals surface area contributed by atoms with Gasteiger partial charge in [-0.1, -0.05) is 0 Å². The predicted molar refractivity (Wildman–Crippen MR) is 90.5 cm³/mol.